The van der Waals surface area contributed by atoms with Crippen LogP contribution in [0.3, 0.4) is 0 Å². The fourth-order valence-corrected chi connectivity index (χ4v) is 2.89. The molecule has 1 amide bonds. The Morgan fingerprint density at radius 2 is 2.13 bits per heavy atom. The third kappa shape index (κ3) is 3.27. The molecule has 122 valence electrons. The maximum Gasteiger partial charge on any atom is 0.276 e. The highest BCUT2D eigenvalue weighted by Gasteiger charge is 2.30. The van der Waals surface area contributed by atoms with E-state index in [0.717, 1.165) is 12.8 Å². The van der Waals surface area contributed by atoms with Crippen LogP contribution in [0.2, 0.25) is 0 Å². The summed E-state index contributed by atoms with van der Waals surface area (Å²) in [5.74, 6) is 0.00449. The molecule has 1 aromatic heterocycles. The number of nitrogens with zero attached hydrogens (tertiary/aromatic N) is 2. The molecule has 0 saturated carbocycles. The van der Waals surface area contributed by atoms with Crippen molar-refractivity contribution in [1.29, 1.82) is 0 Å². The van der Waals surface area contributed by atoms with Crippen molar-refractivity contribution in [2.45, 2.75) is 25.8 Å². The van der Waals surface area contributed by atoms with Gasteiger partial charge in [0, 0.05) is 30.8 Å². The number of rotatable bonds is 3. The first kappa shape index (κ1) is 15.7. The van der Waals surface area contributed by atoms with Crippen LogP contribution in [0.5, 0.6) is 0 Å². The van der Waals surface area contributed by atoms with Crippen LogP contribution in [0.15, 0.2) is 34.9 Å². The normalized spacial score (nSPS) is 21.4. The van der Waals surface area contributed by atoms with Crippen molar-refractivity contribution in [2.75, 3.05) is 13.2 Å². The Morgan fingerprint density at radius 3 is 2.83 bits per heavy atom. The van der Waals surface area contributed by atoms with Crippen LogP contribution in [0.1, 0.15) is 30.3 Å². The molecule has 2 aromatic rings. The van der Waals surface area contributed by atoms with Crippen molar-refractivity contribution in [3.8, 4) is 11.3 Å². The van der Waals surface area contributed by atoms with E-state index >= 15 is 0 Å². The molecule has 3 rings (SSSR count). The number of carbonyl (C=O) groups excluding carboxylic acids is 1. The first-order chi connectivity index (χ1) is 11.1. The standard InChI is InChI=1S/C17H19FN2O3/c1-11-2-3-12(10-21)9-20(11)17(22)15-8-16(23-19-15)13-4-6-14(18)7-5-13/h4-8,11-12,21H,2-3,9-10H2,1H3. The summed E-state index contributed by atoms with van der Waals surface area (Å²) in [6.45, 7) is 2.60. The largest absolute Gasteiger partial charge is 0.396 e. The number of aromatic nitrogens is 1. The van der Waals surface area contributed by atoms with Gasteiger partial charge in [0.2, 0.25) is 0 Å². The number of aliphatic hydroxyl groups excluding tert-OH is 1. The molecule has 23 heavy (non-hydrogen) atoms. The van der Waals surface area contributed by atoms with Gasteiger partial charge in [-0.25, -0.2) is 4.39 Å². The lowest BCUT2D eigenvalue weighted by Gasteiger charge is -2.36. The zero-order chi connectivity index (χ0) is 16.4. The van der Waals surface area contributed by atoms with Crippen LogP contribution in [0.4, 0.5) is 4.39 Å². The molecular formula is C17H19FN2O3. The Labute approximate surface area is 133 Å². The predicted octanol–water partition coefficient (Wildman–Crippen LogP) is 2.71. The number of amides is 1. The average Bonchev–Trinajstić information content (AvgIpc) is 3.05. The van der Waals surface area contributed by atoms with E-state index in [-0.39, 0.29) is 36.0 Å². The van der Waals surface area contributed by atoms with Crippen LogP contribution in [-0.2, 0) is 0 Å². The quantitative estimate of drug-likeness (QED) is 0.945. The minimum atomic E-state index is -0.332. The van der Waals surface area contributed by atoms with Gasteiger partial charge in [0.15, 0.2) is 11.5 Å². The van der Waals surface area contributed by atoms with Gasteiger partial charge in [-0.15, -0.1) is 0 Å². The van der Waals surface area contributed by atoms with Gasteiger partial charge in [0.05, 0.1) is 0 Å². The zero-order valence-corrected chi connectivity index (χ0v) is 12.9. The summed E-state index contributed by atoms with van der Waals surface area (Å²) in [5, 5.41) is 13.2. The second-order valence-corrected chi connectivity index (χ2v) is 6.02. The van der Waals surface area contributed by atoms with Crippen molar-refractivity contribution in [3.63, 3.8) is 0 Å². The monoisotopic (exact) mass is 318 g/mol. The van der Waals surface area contributed by atoms with Crippen LogP contribution in [0.25, 0.3) is 11.3 Å². The van der Waals surface area contributed by atoms with E-state index in [4.69, 9.17) is 4.52 Å². The molecule has 1 aromatic carbocycles. The van der Waals surface area contributed by atoms with E-state index in [1.54, 1.807) is 23.1 Å². The second kappa shape index (κ2) is 6.50. The highest BCUT2D eigenvalue weighted by molar-refractivity contribution is 5.93. The number of halogens is 1. The zero-order valence-electron chi connectivity index (χ0n) is 12.9. The molecule has 0 bridgehead atoms. The fraction of sp³-hybridized carbons (Fsp3) is 0.412. The number of hydrogen-bond donors (Lipinski definition) is 1. The van der Waals surface area contributed by atoms with Gasteiger partial charge in [-0.2, -0.15) is 0 Å². The predicted molar refractivity (Wildman–Crippen MR) is 82.2 cm³/mol. The average molecular weight is 318 g/mol. The summed E-state index contributed by atoms with van der Waals surface area (Å²) in [7, 11) is 0. The lowest BCUT2D eigenvalue weighted by Crippen LogP contribution is -2.46. The van der Waals surface area contributed by atoms with Gasteiger partial charge in [-0.05, 0) is 49.9 Å². The Hall–Kier alpha value is -2.21. The van der Waals surface area contributed by atoms with Gasteiger partial charge in [-0.3, -0.25) is 4.79 Å². The molecule has 1 fully saturated rings. The van der Waals surface area contributed by atoms with Gasteiger partial charge >= 0.3 is 0 Å². The summed E-state index contributed by atoms with van der Waals surface area (Å²) in [4.78, 5) is 14.4. The van der Waals surface area contributed by atoms with Gasteiger partial charge < -0.3 is 14.5 Å². The topological polar surface area (TPSA) is 66.6 Å². The summed E-state index contributed by atoms with van der Waals surface area (Å²) >= 11 is 0. The Kier molecular flexibility index (Phi) is 4.43. The summed E-state index contributed by atoms with van der Waals surface area (Å²) in [6.07, 6.45) is 1.78. The molecule has 6 heteroatoms. The molecule has 0 radical (unpaired) electrons. The molecule has 2 atom stereocenters. The third-order valence-corrected chi connectivity index (χ3v) is 4.36. The third-order valence-electron chi connectivity index (χ3n) is 4.36. The number of carbonyl (C=O) groups is 1. The Bertz CT molecular complexity index is 683. The Morgan fingerprint density at radius 1 is 1.39 bits per heavy atom. The minimum Gasteiger partial charge on any atom is -0.396 e. The molecule has 2 unspecified atom stereocenters. The van der Waals surface area contributed by atoms with Crippen molar-refractivity contribution in [3.05, 3.63) is 41.8 Å². The number of hydrogen-bond acceptors (Lipinski definition) is 4. The molecule has 1 N–H and O–H groups in total. The smallest absolute Gasteiger partial charge is 0.276 e. The number of piperidine rings is 1. The van der Waals surface area contributed by atoms with Crippen molar-refractivity contribution < 1.29 is 18.8 Å². The number of likely N-dealkylation sites (tertiary alicyclic amines) is 1. The lowest BCUT2D eigenvalue weighted by molar-refractivity contribution is 0.0479. The summed E-state index contributed by atoms with van der Waals surface area (Å²) in [5.41, 5.74) is 0.896. The van der Waals surface area contributed by atoms with E-state index in [9.17, 15) is 14.3 Å². The highest BCUT2D eigenvalue weighted by Crippen LogP contribution is 2.25. The van der Waals surface area contributed by atoms with Gasteiger partial charge in [0.1, 0.15) is 5.82 Å². The molecule has 1 aliphatic rings. The molecule has 0 aliphatic carbocycles. The minimum absolute atomic E-state index is 0.0795. The van der Waals surface area contributed by atoms with Gasteiger partial charge in [0.25, 0.3) is 5.91 Å². The van der Waals surface area contributed by atoms with E-state index in [2.05, 4.69) is 5.16 Å². The molecular weight excluding hydrogens is 299 g/mol. The number of aliphatic hydroxyl groups is 1. The van der Waals surface area contributed by atoms with Crippen molar-refractivity contribution in [2.24, 2.45) is 5.92 Å². The molecule has 2 heterocycles. The fourth-order valence-electron chi connectivity index (χ4n) is 2.89. The van der Waals surface area contributed by atoms with E-state index in [1.807, 2.05) is 6.92 Å². The van der Waals surface area contributed by atoms with Gasteiger partial charge in [-0.1, -0.05) is 5.16 Å². The first-order valence-electron chi connectivity index (χ1n) is 7.73. The maximum absolute atomic E-state index is 13.0. The summed E-state index contributed by atoms with van der Waals surface area (Å²) in [6, 6.07) is 7.50. The van der Waals surface area contributed by atoms with Crippen LogP contribution >= 0.6 is 0 Å². The van der Waals surface area contributed by atoms with Crippen LogP contribution in [0, 0.1) is 11.7 Å². The highest BCUT2D eigenvalue weighted by atomic mass is 19.1. The van der Waals surface area contributed by atoms with Crippen molar-refractivity contribution >= 4 is 5.91 Å². The van der Waals surface area contributed by atoms with Crippen LogP contribution in [-0.4, -0.2) is 40.3 Å². The van der Waals surface area contributed by atoms with E-state index in [1.165, 1.54) is 12.1 Å². The molecule has 1 saturated heterocycles. The lowest BCUT2D eigenvalue weighted by atomic mass is 9.94. The molecule has 5 nitrogen and oxygen atoms in total. The molecule has 1 aliphatic heterocycles. The SMILES string of the molecule is CC1CCC(CO)CN1C(=O)c1cc(-c2ccc(F)cc2)on1. The second-order valence-electron chi connectivity index (χ2n) is 6.02. The summed E-state index contributed by atoms with van der Waals surface area (Å²) < 4.78 is 18.2. The molecule has 0 spiro atoms. The Balaban J connectivity index is 1.79. The first-order valence-corrected chi connectivity index (χ1v) is 7.73. The van der Waals surface area contributed by atoms with E-state index in [0.29, 0.717) is 17.9 Å². The van der Waals surface area contributed by atoms with Crippen molar-refractivity contribution in [1.82, 2.24) is 10.1 Å². The van der Waals surface area contributed by atoms with Crippen LogP contribution < -0.4 is 0 Å². The number of benzene rings is 1. The maximum atomic E-state index is 13.0. The van der Waals surface area contributed by atoms with E-state index < -0.39 is 0 Å².